The molecule has 1 unspecified atom stereocenters. The maximum absolute atomic E-state index is 12.8. The molecule has 2 N–H and O–H groups in total. The van der Waals surface area contributed by atoms with Crippen LogP contribution in [0.5, 0.6) is 0 Å². The number of benzene rings is 1. The standard InChI is InChI=1S/C18H15F3N4O3S/c1-10-16(27)25(12-2-4-13(5-3-12)29-18(19,20)21)17(28)24(10)9-11-6-7-23-8-14(11)15(22)26/h2-8,10H,9H2,1H3,(H2,22,26). The molecular formula is C18H15F3N4O3S. The van der Waals surface area contributed by atoms with Gasteiger partial charge in [-0.05, 0) is 54.6 Å². The zero-order chi connectivity index (χ0) is 21.3. The third kappa shape index (κ3) is 4.34. The van der Waals surface area contributed by atoms with Crippen LogP contribution in [0.15, 0.2) is 47.6 Å². The smallest absolute Gasteiger partial charge is 0.366 e. The van der Waals surface area contributed by atoms with Gasteiger partial charge >= 0.3 is 11.5 Å². The van der Waals surface area contributed by atoms with Crippen LogP contribution in [0.4, 0.5) is 23.7 Å². The summed E-state index contributed by atoms with van der Waals surface area (Å²) in [6, 6.07) is 4.98. The zero-order valence-electron chi connectivity index (χ0n) is 15.0. The highest BCUT2D eigenvalue weighted by Gasteiger charge is 2.43. The van der Waals surface area contributed by atoms with Crippen molar-refractivity contribution in [3.63, 3.8) is 0 Å². The number of halogens is 3. The summed E-state index contributed by atoms with van der Waals surface area (Å²) in [5.74, 6) is -1.24. The Morgan fingerprint density at radius 3 is 2.45 bits per heavy atom. The van der Waals surface area contributed by atoms with Gasteiger partial charge in [-0.25, -0.2) is 9.69 Å². The number of anilines is 1. The van der Waals surface area contributed by atoms with Crippen LogP contribution in [0.2, 0.25) is 0 Å². The number of aromatic nitrogens is 1. The predicted octanol–water partition coefficient (Wildman–Crippen LogP) is 3.15. The Bertz CT molecular complexity index is 966. The predicted molar refractivity (Wildman–Crippen MR) is 99.0 cm³/mol. The molecule has 0 bridgehead atoms. The van der Waals surface area contributed by atoms with E-state index < -0.39 is 29.4 Å². The van der Waals surface area contributed by atoms with Crippen molar-refractivity contribution in [2.75, 3.05) is 4.90 Å². The second-order valence-corrected chi connectivity index (χ2v) is 7.34. The quantitative estimate of drug-likeness (QED) is 0.588. The molecule has 2 aromatic rings. The van der Waals surface area contributed by atoms with Gasteiger partial charge in [-0.15, -0.1) is 0 Å². The molecule has 1 saturated heterocycles. The third-order valence-corrected chi connectivity index (χ3v) is 5.07. The van der Waals surface area contributed by atoms with Crippen molar-refractivity contribution in [1.29, 1.82) is 0 Å². The van der Waals surface area contributed by atoms with Crippen molar-refractivity contribution in [1.82, 2.24) is 9.88 Å². The van der Waals surface area contributed by atoms with Gasteiger partial charge in [0, 0.05) is 23.8 Å². The first kappa shape index (κ1) is 20.6. The molecule has 1 aliphatic heterocycles. The molecule has 0 radical (unpaired) electrons. The molecule has 2 heterocycles. The molecule has 1 fully saturated rings. The van der Waals surface area contributed by atoms with E-state index in [0.717, 1.165) is 4.90 Å². The first-order valence-electron chi connectivity index (χ1n) is 8.31. The zero-order valence-corrected chi connectivity index (χ0v) is 15.8. The maximum atomic E-state index is 12.8. The van der Waals surface area contributed by atoms with Crippen molar-refractivity contribution in [3.05, 3.63) is 53.9 Å². The number of hydrogen-bond donors (Lipinski definition) is 1. The summed E-state index contributed by atoms with van der Waals surface area (Å²) in [4.78, 5) is 42.9. The van der Waals surface area contributed by atoms with E-state index in [-0.39, 0.29) is 34.5 Å². The Hall–Kier alpha value is -3.08. The van der Waals surface area contributed by atoms with Gasteiger partial charge in [0.2, 0.25) is 0 Å². The summed E-state index contributed by atoms with van der Waals surface area (Å²) in [5.41, 5.74) is 1.60. The van der Waals surface area contributed by atoms with Crippen LogP contribution in [0.25, 0.3) is 0 Å². The van der Waals surface area contributed by atoms with Crippen LogP contribution in [0, 0.1) is 0 Å². The average Bonchev–Trinajstić information content (AvgIpc) is 2.85. The number of thioether (sulfide) groups is 1. The van der Waals surface area contributed by atoms with Crippen LogP contribution in [0.1, 0.15) is 22.8 Å². The second kappa shape index (κ2) is 7.74. The number of primary amides is 1. The van der Waals surface area contributed by atoms with E-state index in [0.29, 0.717) is 5.56 Å². The van der Waals surface area contributed by atoms with Gasteiger partial charge in [0.05, 0.1) is 11.3 Å². The number of alkyl halides is 3. The summed E-state index contributed by atoms with van der Waals surface area (Å²) in [5, 5.41) is 0. The highest BCUT2D eigenvalue weighted by atomic mass is 32.2. The number of carbonyl (C=O) groups excluding carboxylic acids is 3. The molecule has 0 aliphatic carbocycles. The number of urea groups is 1. The largest absolute Gasteiger partial charge is 0.446 e. The van der Waals surface area contributed by atoms with Gasteiger partial charge < -0.3 is 10.6 Å². The number of rotatable bonds is 5. The SMILES string of the molecule is CC1C(=O)N(c2ccc(SC(F)(F)F)cc2)C(=O)N1Cc1ccncc1C(N)=O. The summed E-state index contributed by atoms with van der Waals surface area (Å²) >= 11 is -0.288. The molecule has 1 aromatic carbocycles. The molecule has 152 valence electrons. The van der Waals surface area contributed by atoms with E-state index >= 15 is 0 Å². The van der Waals surface area contributed by atoms with E-state index in [1.807, 2.05) is 0 Å². The van der Waals surface area contributed by atoms with Crippen LogP contribution >= 0.6 is 11.8 Å². The Balaban J connectivity index is 1.84. The molecule has 11 heteroatoms. The number of carbonyl (C=O) groups is 3. The molecule has 29 heavy (non-hydrogen) atoms. The first-order chi connectivity index (χ1) is 13.6. The highest BCUT2D eigenvalue weighted by Crippen LogP contribution is 2.38. The van der Waals surface area contributed by atoms with Crippen molar-refractivity contribution >= 4 is 35.3 Å². The lowest BCUT2D eigenvalue weighted by Crippen LogP contribution is -2.34. The second-order valence-electron chi connectivity index (χ2n) is 6.20. The van der Waals surface area contributed by atoms with Crippen LogP contribution in [-0.2, 0) is 11.3 Å². The van der Waals surface area contributed by atoms with Gasteiger partial charge in [0.1, 0.15) is 6.04 Å². The minimum absolute atomic E-state index is 0.0506. The lowest BCUT2D eigenvalue weighted by atomic mass is 10.1. The van der Waals surface area contributed by atoms with E-state index in [1.165, 1.54) is 54.5 Å². The van der Waals surface area contributed by atoms with E-state index in [1.54, 1.807) is 0 Å². The number of nitrogens with two attached hydrogens (primary N) is 1. The number of amides is 4. The number of imide groups is 1. The number of pyridine rings is 1. The fraction of sp³-hybridized carbons (Fsp3) is 0.222. The molecule has 4 amide bonds. The average molecular weight is 424 g/mol. The molecule has 3 rings (SSSR count). The molecule has 0 saturated carbocycles. The van der Waals surface area contributed by atoms with E-state index in [4.69, 9.17) is 5.73 Å². The Morgan fingerprint density at radius 2 is 1.86 bits per heavy atom. The summed E-state index contributed by atoms with van der Waals surface area (Å²) in [6.07, 6.45) is 2.71. The number of nitrogens with zero attached hydrogens (tertiary/aromatic N) is 3. The summed E-state index contributed by atoms with van der Waals surface area (Å²) in [6.45, 7) is 1.48. The maximum Gasteiger partial charge on any atom is 0.446 e. The van der Waals surface area contributed by atoms with Gasteiger partial charge in [-0.3, -0.25) is 14.6 Å². The highest BCUT2D eigenvalue weighted by molar-refractivity contribution is 8.00. The fourth-order valence-corrected chi connectivity index (χ4v) is 3.45. The minimum atomic E-state index is -4.44. The lowest BCUT2D eigenvalue weighted by molar-refractivity contribution is -0.119. The molecule has 7 nitrogen and oxygen atoms in total. The van der Waals surface area contributed by atoms with Gasteiger partial charge in [-0.1, -0.05) is 0 Å². The molecule has 0 spiro atoms. The number of hydrogen-bond acceptors (Lipinski definition) is 5. The summed E-state index contributed by atoms with van der Waals surface area (Å²) < 4.78 is 37.4. The Morgan fingerprint density at radius 1 is 1.21 bits per heavy atom. The van der Waals surface area contributed by atoms with Crippen LogP contribution in [-0.4, -0.2) is 39.3 Å². The van der Waals surface area contributed by atoms with Gasteiger partial charge in [0.15, 0.2) is 0 Å². The lowest BCUT2D eigenvalue weighted by Gasteiger charge is -2.20. The van der Waals surface area contributed by atoms with Crippen molar-refractivity contribution < 1.29 is 27.6 Å². The van der Waals surface area contributed by atoms with Gasteiger partial charge in [0.25, 0.3) is 11.8 Å². The molecule has 1 aliphatic rings. The van der Waals surface area contributed by atoms with Crippen molar-refractivity contribution in [2.24, 2.45) is 5.73 Å². The van der Waals surface area contributed by atoms with Crippen molar-refractivity contribution in [2.45, 2.75) is 29.9 Å². The normalized spacial score (nSPS) is 17.2. The van der Waals surface area contributed by atoms with Gasteiger partial charge in [-0.2, -0.15) is 13.2 Å². The van der Waals surface area contributed by atoms with E-state index in [9.17, 15) is 27.6 Å². The summed E-state index contributed by atoms with van der Waals surface area (Å²) in [7, 11) is 0. The molecule has 1 atom stereocenters. The van der Waals surface area contributed by atoms with E-state index in [2.05, 4.69) is 4.98 Å². The third-order valence-electron chi connectivity index (χ3n) is 4.33. The van der Waals surface area contributed by atoms with Crippen LogP contribution in [0.3, 0.4) is 0 Å². The Labute approximate surface area is 167 Å². The fourth-order valence-electron chi connectivity index (χ4n) is 2.91. The Kier molecular flexibility index (Phi) is 5.51. The topological polar surface area (TPSA) is 96.6 Å². The minimum Gasteiger partial charge on any atom is -0.366 e. The molecule has 1 aromatic heterocycles. The van der Waals surface area contributed by atoms with Crippen LogP contribution < -0.4 is 10.6 Å². The monoisotopic (exact) mass is 424 g/mol. The van der Waals surface area contributed by atoms with Crippen molar-refractivity contribution in [3.8, 4) is 0 Å². The first-order valence-corrected chi connectivity index (χ1v) is 9.13. The molecular weight excluding hydrogens is 409 g/mol.